The van der Waals surface area contributed by atoms with E-state index in [9.17, 15) is 4.79 Å². The van der Waals surface area contributed by atoms with E-state index in [4.69, 9.17) is 4.74 Å². The second-order valence-corrected chi connectivity index (χ2v) is 6.54. The maximum Gasteiger partial charge on any atom is 0.214 e. The Morgan fingerprint density at radius 1 is 1.16 bits per heavy atom. The topological polar surface area (TPSA) is 69.9 Å². The highest BCUT2D eigenvalue weighted by Gasteiger charge is 2.14. The maximum absolute atomic E-state index is 12.5. The minimum Gasteiger partial charge on any atom is -0.497 e. The van der Waals surface area contributed by atoms with Crippen LogP contribution in [-0.4, -0.2) is 38.9 Å². The number of Topliss-reactive ketones (excluding diaryl/α,β-unsaturated/α-hetero) is 1. The van der Waals surface area contributed by atoms with Crippen molar-refractivity contribution in [3.8, 4) is 11.4 Å². The SMILES string of the molecule is COc1ccc(-n2nnnc2SCC(=O)c2ccc(C)cc2C)cc1. The van der Waals surface area contributed by atoms with Crippen LogP contribution in [0.5, 0.6) is 5.75 Å². The number of hydrogen-bond acceptors (Lipinski definition) is 6. The lowest BCUT2D eigenvalue weighted by molar-refractivity contribution is 0.102. The van der Waals surface area contributed by atoms with Gasteiger partial charge in [-0.1, -0.05) is 35.5 Å². The van der Waals surface area contributed by atoms with Crippen molar-refractivity contribution in [2.45, 2.75) is 19.0 Å². The lowest BCUT2D eigenvalue weighted by Crippen LogP contribution is -2.06. The number of ether oxygens (including phenoxy) is 1. The summed E-state index contributed by atoms with van der Waals surface area (Å²) in [6.07, 6.45) is 0. The van der Waals surface area contributed by atoms with E-state index in [1.807, 2.05) is 56.3 Å². The maximum atomic E-state index is 12.5. The lowest BCUT2D eigenvalue weighted by atomic mass is 10.0. The van der Waals surface area contributed by atoms with Crippen molar-refractivity contribution >= 4 is 17.5 Å². The van der Waals surface area contributed by atoms with E-state index < -0.39 is 0 Å². The van der Waals surface area contributed by atoms with Crippen molar-refractivity contribution in [3.63, 3.8) is 0 Å². The highest BCUT2D eigenvalue weighted by Crippen LogP contribution is 2.22. The molecule has 0 unspecified atom stereocenters. The second-order valence-electron chi connectivity index (χ2n) is 5.60. The Kier molecular flexibility index (Phi) is 5.14. The molecule has 0 aliphatic heterocycles. The van der Waals surface area contributed by atoms with E-state index in [0.717, 1.165) is 28.1 Å². The molecule has 0 amide bonds. The molecular formula is C18H18N4O2S. The number of hydrogen-bond donors (Lipinski definition) is 0. The Hall–Kier alpha value is -2.67. The Morgan fingerprint density at radius 2 is 1.92 bits per heavy atom. The first-order valence-corrected chi connectivity index (χ1v) is 8.73. The quantitative estimate of drug-likeness (QED) is 0.500. The van der Waals surface area contributed by atoms with E-state index in [2.05, 4.69) is 15.5 Å². The fourth-order valence-electron chi connectivity index (χ4n) is 2.49. The zero-order valence-electron chi connectivity index (χ0n) is 14.3. The molecule has 0 atom stereocenters. The van der Waals surface area contributed by atoms with Gasteiger partial charge in [-0.25, -0.2) is 0 Å². The van der Waals surface area contributed by atoms with Crippen LogP contribution in [-0.2, 0) is 0 Å². The second kappa shape index (κ2) is 7.48. The van der Waals surface area contributed by atoms with Crippen LogP contribution in [0.2, 0.25) is 0 Å². The van der Waals surface area contributed by atoms with Gasteiger partial charge in [0.25, 0.3) is 0 Å². The first kappa shape index (κ1) is 17.2. The standard InChI is InChI=1S/C18H18N4O2S/c1-12-4-9-16(13(2)10-12)17(23)11-25-18-19-20-21-22(18)14-5-7-15(24-3)8-6-14/h4-10H,11H2,1-3H3. The molecule has 6 nitrogen and oxygen atoms in total. The zero-order chi connectivity index (χ0) is 17.8. The van der Waals surface area contributed by atoms with E-state index >= 15 is 0 Å². The van der Waals surface area contributed by atoms with Crippen molar-refractivity contribution in [2.75, 3.05) is 12.9 Å². The van der Waals surface area contributed by atoms with Crippen molar-refractivity contribution in [1.82, 2.24) is 20.2 Å². The normalized spacial score (nSPS) is 10.7. The van der Waals surface area contributed by atoms with Gasteiger partial charge in [0.2, 0.25) is 5.16 Å². The number of methoxy groups -OCH3 is 1. The van der Waals surface area contributed by atoms with Gasteiger partial charge >= 0.3 is 0 Å². The summed E-state index contributed by atoms with van der Waals surface area (Å²) < 4.78 is 6.76. The third-order valence-corrected chi connectivity index (χ3v) is 4.69. The van der Waals surface area contributed by atoms with Crippen LogP contribution in [0.15, 0.2) is 47.6 Å². The number of nitrogens with zero attached hydrogens (tertiary/aromatic N) is 4. The molecule has 0 aliphatic rings. The van der Waals surface area contributed by atoms with Crippen LogP contribution in [0.3, 0.4) is 0 Å². The average molecular weight is 354 g/mol. The number of aromatic nitrogens is 4. The minimum atomic E-state index is 0.0618. The van der Waals surface area contributed by atoms with Gasteiger partial charge in [0, 0.05) is 5.56 Å². The predicted octanol–water partition coefficient (Wildman–Crippen LogP) is 3.26. The largest absolute Gasteiger partial charge is 0.497 e. The Labute approximate surface area is 150 Å². The first-order chi connectivity index (χ1) is 12.1. The third-order valence-electron chi connectivity index (χ3n) is 3.77. The van der Waals surface area contributed by atoms with Gasteiger partial charge in [-0.3, -0.25) is 4.79 Å². The fraction of sp³-hybridized carbons (Fsp3) is 0.222. The summed E-state index contributed by atoms with van der Waals surface area (Å²) in [5.74, 6) is 1.10. The van der Waals surface area contributed by atoms with Gasteiger partial charge in [-0.15, -0.1) is 5.10 Å². The Bertz CT molecular complexity index is 890. The van der Waals surface area contributed by atoms with Gasteiger partial charge in [0.15, 0.2) is 5.78 Å². The Balaban J connectivity index is 1.73. The number of benzene rings is 2. The van der Waals surface area contributed by atoms with Gasteiger partial charge < -0.3 is 4.74 Å². The molecule has 0 N–H and O–H groups in total. The average Bonchev–Trinajstić information content (AvgIpc) is 3.08. The van der Waals surface area contributed by atoms with Crippen LogP contribution < -0.4 is 4.74 Å². The molecule has 0 saturated carbocycles. The number of ketones is 1. The summed E-state index contributed by atoms with van der Waals surface area (Å²) >= 11 is 1.32. The zero-order valence-corrected chi connectivity index (χ0v) is 15.1. The summed E-state index contributed by atoms with van der Waals surface area (Å²) in [6.45, 7) is 3.96. The molecule has 0 fully saturated rings. The molecule has 0 radical (unpaired) electrons. The first-order valence-electron chi connectivity index (χ1n) is 7.74. The summed E-state index contributed by atoms with van der Waals surface area (Å²) in [5, 5.41) is 12.3. The van der Waals surface area contributed by atoms with E-state index in [-0.39, 0.29) is 11.5 Å². The molecule has 128 valence electrons. The molecule has 0 bridgehead atoms. The molecule has 7 heteroatoms. The fourth-order valence-corrected chi connectivity index (χ4v) is 3.26. The van der Waals surface area contributed by atoms with Crippen molar-refractivity contribution < 1.29 is 9.53 Å². The van der Waals surface area contributed by atoms with Crippen LogP contribution in [0.4, 0.5) is 0 Å². The number of thioether (sulfide) groups is 1. The smallest absolute Gasteiger partial charge is 0.214 e. The minimum absolute atomic E-state index is 0.0618. The molecular weight excluding hydrogens is 336 g/mol. The molecule has 0 aliphatic carbocycles. The van der Waals surface area contributed by atoms with Gasteiger partial charge in [-0.2, -0.15) is 4.68 Å². The van der Waals surface area contributed by atoms with Crippen LogP contribution in [0, 0.1) is 13.8 Å². The van der Waals surface area contributed by atoms with E-state index in [1.54, 1.807) is 11.8 Å². The molecule has 3 aromatic rings. The number of rotatable bonds is 6. The van der Waals surface area contributed by atoms with E-state index in [1.165, 1.54) is 11.8 Å². The molecule has 1 heterocycles. The summed E-state index contributed by atoms with van der Waals surface area (Å²) in [7, 11) is 1.62. The van der Waals surface area contributed by atoms with Crippen LogP contribution in [0.25, 0.3) is 5.69 Å². The third kappa shape index (κ3) is 3.88. The van der Waals surface area contributed by atoms with Gasteiger partial charge in [-0.05, 0) is 54.1 Å². The molecule has 3 rings (SSSR count). The molecule has 2 aromatic carbocycles. The molecule has 1 aromatic heterocycles. The Morgan fingerprint density at radius 3 is 2.60 bits per heavy atom. The monoisotopic (exact) mass is 354 g/mol. The van der Waals surface area contributed by atoms with Crippen molar-refractivity contribution in [3.05, 3.63) is 59.2 Å². The lowest BCUT2D eigenvalue weighted by Gasteiger charge is -2.07. The van der Waals surface area contributed by atoms with Crippen LogP contribution >= 0.6 is 11.8 Å². The van der Waals surface area contributed by atoms with Crippen molar-refractivity contribution in [2.24, 2.45) is 0 Å². The van der Waals surface area contributed by atoms with Gasteiger partial charge in [0.05, 0.1) is 18.6 Å². The van der Waals surface area contributed by atoms with Gasteiger partial charge in [0.1, 0.15) is 5.75 Å². The van der Waals surface area contributed by atoms with Crippen molar-refractivity contribution in [1.29, 1.82) is 0 Å². The molecule has 0 spiro atoms. The number of tetrazole rings is 1. The summed E-state index contributed by atoms with van der Waals surface area (Å²) in [4.78, 5) is 12.5. The highest BCUT2D eigenvalue weighted by molar-refractivity contribution is 7.99. The molecule has 0 saturated heterocycles. The summed E-state index contributed by atoms with van der Waals surface area (Å²) in [5.41, 5.74) is 3.68. The van der Waals surface area contributed by atoms with E-state index in [0.29, 0.717) is 5.16 Å². The number of carbonyl (C=O) groups excluding carboxylic acids is 1. The predicted molar refractivity (Wildman–Crippen MR) is 96.7 cm³/mol. The number of carbonyl (C=O) groups is 1. The molecule has 25 heavy (non-hydrogen) atoms. The van der Waals surface area contributed by atoms with Crippen LogP contribution in [0.1, 0.15) is 21.5 Å². The highest BCUT2D eigenvalue weighted by atomic mass is 32.2. The summed E-state index contributed by atoms with van der Waals surface area (Å²) in [6, 6.07) is 13.3. The number of aryl methyl sites for hydroxylation is 2.